The van der Waals surface area contributed by atoms with Crippen LogP contribution in [0.2, 0.25) is 5.02 Å². The van der Waals surface area contributed by atoms with E-state index < -0.39 is 17.8 Å². The van der Waals surface area contributed by atoms with E-state index in [1.807, 2.05) is 0 Å². The van der Waals surface area contributed by atoms with Gasteiger partial charge in [0.2, 0.25) is 0 Å². The van der Waals surface area contributed by atoms with E-state index >= 15 is 0 Å². The SMILES string of the molecule is C=CCNC(C(=O)OC)c1c(F)cccc1Cl. The molecule has 0 aromatic heterocycles. The van der Waals surface area contributed by atoms with Gasteiger partial charge in [-0.1, -0.05) is 23.7 Å². The molecule has 0 aliphatic rings. The lowest BCUT2D eigenvalue weighted by Crippen LogP contribution is -2.30. The molecule has 17 heavy (non-hydrogen) atoms. The highest BCUT2D eigenvalue weighted by molar-refractivity contribution is 6.31. The van der Waals surface area contributed by atoms with Gasteiger partial charge in [-0.15, -0.1) is 6.58 Å². The molecule has 1 rings (SSSR count). The van der Waals surface area contributed by atoms with E-state index in [4.69, 9.17) is 11.6 Å². The maximum absolute atomic E-state index is 13.7. The van der Waals surface area contributed by atoms with Crippen molar-refractivity contribution in [3.8, 4) is 0 Å². The monoisotopic (exact) mass is 257 g/mol. The molecule has 0 heterocycles. The number of hydrogen-bond acceptors (Lipinski definition) is 3. The van der Waals surface area contributed by atoms with Crippen molar-refractivity contribution in [1.82, 2.24) is 5.32 Å². The summed E-state index contributed by atoms with van der Waals surface area (Å²) in [5.41, 5.74) is 0.0860. The number of halogens is 2. The predicted octanol–water partition coefficient (Wildman–Crippen LogP) is 2.47. The molecular weight excluding hydrogens is 245 g/mol. The Labute approximate surface area is 104 Å². The Hall–Kier alpha value is -1.39. The van der Waals surface area contributed by atoms with E-state index in [1.54, 1.807) is 6.08 Å². The van der Waals surface area contributed by atoms with Gasteiger partial charge in [0, 0.05) is 17.1 Å². The van der Waals surface area contributed by atoms with Gasteiger partial charge in [-0.05, 0) is 12.1 Å². The van der Waals surface area contributed by atoms with Crippen LogP contribution in [-0.4, -0.2) is 19.6 Å². The molecule has 1 aromatic rings. The van der Waals surface area contributed by atoms with E-state index in [2.05, 4.69) is 16.6 Å². The van der Waals surface area contributed by atoms with Crippen LogP contribution in [0.5, 0.6) is 0 Å². The van der Waals surface area contributed by atoms with Crippen molar-refractivity contribution < 1.29 is 13.9 Å². The Kier molecular flexibility index (Phi) is 5.12. The number of nitrogens with one attached hydrogen (secondary N) is 1. The maximum Gasteiger partial charge on any atom is 0.327 e. The Morgan fingerprint density at radius 3 is 2.94 bits per heavy atom. The van der Waals surface area contributed by atoms with Gasteiger partial charge >= 0.3 is 5.97 Å². The molecule has 0 radical (unpaired) electrons. The molecule has 0 saturated heterocycles. The molecule has 0 aliphatic heterocycles. The topological polar surface area (TPSA) is 38.3 Å². The van der Waals surface area contributed by atoms with Crippen LogP contribution in [0.1, 0.15) is 11.6 Å². The quantitative estimate of drug-likeness (QED) is 0.651. The zero-order valence-electron chi connectivity index (χ0n) is 9.37. The molecule has 1 aromatic carbocycles. The lowest BCUT2D eigenvalue weighted by Gasteiger charge is -2.17. The molecule has 0 saturated carbocycles. The largest absolute Gasteiger partial charge is 0.468 e. The van der Waals surface area contributed by atoms with Crippen molar-refractivity contribution in [2.75, 3.05) is 13.7 Å². The minimum Gasteiger partial charge on any atom is -0.468 e. The first kappa shape index (κ1) is 13.7. The van der Waals surface area contributed by atoms with Crippen molar-refractivity contribution >= 4 is 17.6 Å². The van der Waals surface area contributed by atoms with Crippen LogP contribution in [-0.2, 0) is 9.53 Å². The first-order chi connectivity index (χ1) is 8.11. The summed E-state index contributed by atoms with van der Waals surface area (Å²) in [6.07, 6.45) is 1.56. The first-order valence-electron chi connectivity index (χ1n) is 4.97. The normalized spacial score (nSPS) is 11.9. The van der Waals surface area contributed by atoms with Gasteiger partial charge in [0.1, 0.15) is 11.9 Å². The molecule has 3 nitrogen and oxygen atoms in total. The second-order valence-electron chi connectivity index (χ2n) is 3.29. The van der Waals surface area contributed by atoms with Crippen molar-refractivity contribution in [2.45, 2.75) is 6.04 Å². The molecule has 1 N–H and O–H groups in total. The second kappa shape index (κ2) is 6.37. The van der Waals surface area contributed by atoms with Crippen LogP contribution < -0.4 is 5.32 Å². The number of carbonyl (C=O) groups excluding carboxylic acids is 1. The minimum atomic E-state index is -0.938. The highest BCUT2D eigenvalue weighted by atomic mass is 35.5. The van der Waals surface area contributed by atoms with Crippen LogP contribution in [0.25, 0.3) is 0 Å². The average Bonchev–Trinajstić information content (AvgIpc) is 2.32. The molecule has 0 aliphatic carbocycles. The standard InChI is InChI=1S/C12H13ClFNO2/c1-3-7-15-11(12(16)17-2)10-8(13)5-4-6-9(10)14/h3-6,11,15H,1,7H2,2H3. The van der Waals surface area contributed by atoms with Crippen molar-refractivity contribution in [2.24, 2.45) is 0 Å². The van der Waals surface area contributed by atoms with Crippen molar-refractivity contribution in [3.05, 3.63) is 47.3 Å². The molecular formula is C12H13ClFNO2. The molecule has 0 fully saturated rings. The average molecular weight is 258 g/mol. The van der Waals surface area contributed by atoms with Gasteiger partial charge in [0.05, 0.1) is 7.11 Å². The first-order valence-corrected chi connectivity index (χ1v) is 5.35. The maximum atomic E-state index is 13.7. The van der Waals surface area contributed by atoms with Gasteiger partial charge in [-0.25, -0.2) is 9.18 Å². The lowest BCUT2D eigenvalue weighted by molar-refractivity contribution is -0.143. The Bertz CT molecular complexity index is 403. The van der Waals surface area contributed by atoms with E-state index in [1.165, 1.54) is 25.3 Å². The fourth-order valence-corrected chi connectivity index (χ4v) is 1.68. The summed E-state index contributed by atoms with van der Waals surface area (Å²) in [6.45, 7) is 3.85. The van der Waals surface area contributed by atoms with Crippen LogP contribution in [0, 0.1) is 5.82 Å². The number of rotatable bonds is 5. The number of ether oxygens (including phenoxy) is 1. The summed E-state index contributed by atoms with van der Waals surface area (Å²) in [4.78, 5) is 11.6. The fraction of sp³-hybridized carbons (Fsp3) is 0.250. The summed E-state index contributed by atoms with van der Waals surface area (Å²) in [5.74, 6) is -1.15. The molecule has 0 amide bonds. The van der Waals surface area contributed by atoms with E-state index in [9.17, 15) is 9.18 Å². The number of esters is 1. The van der Waals surface area contributed by atoms with E-state index in [-0.39, 0.29) is 10.6 Å². The van der Waals surface area contributed by atoms with E-state index in [0.29, 0.717) is 6.54 Å². The summed E-state index contributed by atoms with van der Waals surface area (Å²) >= 11 is 5.89. The minimum absolute atomic E-state index is 0.0860. The van der Waals surface area contributed by atoms with E-state index in [0.717, 1.165) is 0 Å². The molecule has 5 heteroatoms. The third kappa shape index (κ3) is 3.28. The summed E-state index contributed by atoms with van der Waals surface area (Å²) in [5, 5.41) is 2.98. The summed E-state index contributed by atoms with van der Waals surface area (Å²) < 4.78 is 18.3. The van der Waals surface area contributed by atoms with Crippen LogP contribution >= 0.6 is 11.6 Å². The van der Waals surface area contributed by atoms with Gasteiger partial charge < -0.3 is 4.74 Å². The van der Waals surface area contributed by atoms with Crippen molar-refractivity contribution in [3.63, 3.8) is 0 Å². The smallest absolute Gasteiger partial charge is 0.327 e. The Morgan fingerprint density at radius 1 is 1.71 bits per heavy atom. The van der Waals surface area contributed by atoms with Crippen LogP contribution in [0.3, 0.4) is 0 Å². The number of methoxy groups -OCH3 is 1. The number of benzene rings is 1. The summed E-state index contributed by atoms with van der Waals surface area (Å²) in [7, 11) is 1.24. The number of carbonyl (C=O) groups is 1. The van der Waals surface area contributed by atoms with Gasteiger partial charge in [0.25, 0.3) is 0 Å². The second-order valence-corrected chi connectivity index (χ2v) is 3.70. The lowest BCUT2D eigenvalue weighted by atomic mass is 10.1. The molecule has 0 spiro atoms. The zero-order valence-corrected chi connectivity index (χ0v) is 10.1. The highest BCUT2D eigenvalue weighted by Gasteiger charge is 2.25. The third-order valence-corrected chi connectivity index (χ3v) is 2.52. The Morgan fingerprint density at radius 2 is 2.41 bits per heavy atom. The molecule has 1 unspecified atom stereocenters. The fourth-order valence-electron chi connectivity index (χ4n) is 1.41. The van der Waals surface area contributed by atoms with Gasteiger partial charge in [-0.2, -0.15) is 0 Å². The molecule has 1 atom stereocenters. The third-order valence-electron chi connectivity index (χ3n) is 2.19. The Balaban J connectivity index is 3.11. The van der Waals surface area contributed by atoms with Crippen LogP contribution in [0.15, 0.2) is 30.9 Å². The van der Waals surface area contributed by atoms with Gasteiger partial charge in [-0.3, -0.25) is 5.32 Å². The zero-order chi connectivity index (χ0) is 12.8. The van der Waals surface area contributed by atoms with Crippen LogP contribution in [0.4, 0.5) is 4.39 Å². The molecule has 0 bridgehead atoms. The highest BCUT2D eigenvalue weighted by Crippen LogP contribution is 2.26. The van der Waals surface area contributed by atoms with Gasteiger partial charge in [0.15, 0.2) is 0 Å². The number of hydrogen-bond donors (Lipinski definition) is 1. The van der Waals surface area contributed by atoms with Crippen molar-refractivity contribution in [1.29, 1.82) is 0 Å². The summed E-state index contributed by atoms with van der Waals surface area (Å²) in [6, 6.07) is 3.30. The molecule has 92 valence electrons. The predicted molar refractivity (Wildman–Crippen MR) is 64.4 cm³/mol.